The van der Waals surface area contributed by atoms with Crippen LogP contribution in [0.4, 0.5) is 4.79 Å². The number of ether oxygens (including phenoxy) is 1. The molecule has 0 saturated carbocycles. The number of alkyl halides is 1. The third-order valence-corrected chi connectivity index (χ3v) is 1.75. The SMILES string of the molecule is O=C1NCCC(I)O1. The molecule has 0 aliphatic carbocycles. The summed E-state index contributed by atoms with van der Waals surface area (Å²) in [7, 11) is 0. The van der Waals surface area contributed by atoms with Crippen LogP contribution < -0.4 is 5.32 Å². The van der Waals surface area contributed by atoms with Gasteiger partial charge in [-0.2, -0.15) is 0 Å². The molecular formula is C4H6INO2. The first-order valence-corrected chi connectivity index (χ1v) is 3.62. The molecule has 1 atom stereocenters. The highest BCUT2D eigenvalue weighted by molar-refractivity contribution is 14.1. The predicted molar refractivity (Wildman–Crippen MR) is 36.9 cm³/mol. The summed E-state index contributed by atoms with van der Waals surface area (Å²) in [5.41, 5.74) is 0. The van der Waals surface area contributed by atoms with E-state index in [4.69, 9.17) is 4.74 Å². The molecule has 1 fully saturated rings. The number of amides is 1. The van der Waals surface area contributed by atoms with Gasteiger partial charge in [-0.1, -0.05) is 0 Å². The molecule has 1 aliphatic heterocycles. The van der Waals surface area contributed by atoms with Crippen molar-refractivity contribution in [3.8, 4) is 0 Å². The Hall–Kier alpha value is -0.0000000000000000555. The molecule has 0 bridgehead atoms. The van der Waals surface area contributed by atoms with Crippen molar-refractivity contribution in [2.24, 2.45) is 0 Å². The van der Waals surface area contributed by atoms with Crippen LogP contribution in [0.25, 0.3) is 0 Å². The minimum atomic E-state index is -0.296. The number of nitrogens with one attached hydrogen (secondary N) is 1. The van der Waals surface area contributed by atoms with Gasteiger partial charge in [0.1, 0.15) is 0 Å². The number of hydrogen-bond donors (Lipinski definition) is 1. The maximum Gasteiger partial charge on any atom is 0.408 e. The molecule has 0 radical (unpaired) electrons. The van der Waals surface area contributed by atoms with Gasteiger partial charge in [0, 0.05) is 13.0 Å². The maximum absolute atomic E-state index is 10.3. The van der Waals surface area contributed by atoms with Gasteiger partial charge in [-0.25, -0.2) is 4.79 Å². The third kappa shape index (κ3) is 1.50. The van der Waals surface area contributed by atoms with Crippen molar-refractivity contribution in [1.29, 1.82) is 0 Å². The van der Waals surface area contributed by atoms with Crippen LogP contribution in [0, 0.1) is 0 Å². The summed E-state index contributed by atoms with van der Waals surface area (Å²) in [5.74, 6) is 0. The lowest BCUT2D eigenvalue weighted by Gasteiger charge is -2.17. The van der Waals surface area contributed by atoms with Crippen LogP contribution in [0.3, 0.4) is 0 Å². The zero-order valence-corrected chi connectivity index (χ0v) is 6.34. The summed E-state index contributed by atoms with van der Waals surface area (Å²) >= 11 is 2.09. The standard InChI is InChI=1S/C4H6INO2/c5-3-1-2-6-4(7)8-3/h3H,1-2H2,(H,6,7). The summed E-state index contributed by atoms with van der Waals surface area (Å²) in [5, 5.41) is 2.55. The van der Waals surface area contributed by atoms with Crippen LogP contribution in [0.15, 0.2) is 0 Å². The second-order valence-corrected chi connectivity index (χ2v) is 2.92. The molecule has 0 aromatic carbocycles. The minimum Gasteiger partial charge on any atom is -0.435 e. The molecule has 4 heteroatoms. The lowest BCUT2D eigenvalue weighted by atomic mass is 10.4. The molecule has 0 aromatic rings. The summed E-state index contributed by atoms with van der Waals surface area (Å²) in [4.78, 5) is 10.3. The Bertz CT molecular complexity index is 106. The second kappa shape index (κ2) is 2.52. The number of cyclic esters (lactones) is 1. The van der Waals surface area contributed by atoms with Crippen LogP contribution >= 0.6 is 22.6 Å². The molecular weight excluding hydrogens is 221 g/mol. The van der Waals surface area contributed by atoms with E-state index < -0.39 is 0 Å². The van der Waals surface area contributed by atoms with Crippen molar-refractivity contribution in [3.05, 3.63) is 0 Å². The quantitative estimate of drug-likeness (QED) is 0.492. The average Bonchev–Trinajstić information content (AvgIpc) is 1.64. The van der Waals surface area contributed by atoms with Crippen molar-refractivity contribution in [2.45, 2.75) is 10.5 Å². The van der Waals surface area contributed by atoms with Gasteiger partial charge in [0.05, 0.1) is 0 Å². The Morgan fingerprint density at radius 3 is 3.00 bits per heavy atom. The first kappa shape index (κ1) is 6.12. The number of halogens is 1. The highest BCUT2D eigenvalue weighted by Crippen LogP contribution is 2.10. The van der Waals surface area contributed by atoms with E-state index in [1.54, 1.807) is 0 Å². The first-order valence-electron chi connectivity index (χ1n) is 2.37. The number of hydrogen-bond acceptors (Lipinski definition) is 2. The normalized spacial score (nSPS) is 28.6. The first-order chi connectivity index (χ1) is 3.79. The van der Waals surface area contributed by atoms with Crippen LogP contribution in [-0.4, -0.2) is 16.7 Å². The lowest BCUT2D eigenvalue weighted by molar-refractivity contribution is 0.122. The fourth-order valence-electron chi connectivity index (χ4n) is 0.504. The summed E-state index contributed by atoms with van der Waals surface area (Å²) < 4.78 is 4.79. The number of carbonyl (C=O) groups is 1. The van der Waals surface area contributed by atoms with Crippen molar-refractivity contribution in [2.75, 3.05) is 6.54 Å². The molecule has 46 valence electrons. The molecule has 1 unspecified atom stereocenters. The van der Waals surface area contributed by atoms with Crippen molar-refractivity contribution in [3.63, 3.8) is 0 Å². The fraction of sp³-hybridized carbons (Fsp3) is 0.750. The molecule has 0 aromatic heterocycles. The Labute approximate surface area is 60.9 Å². The molecule has 1 heterocycles. The molecule has 0 spiro atoms. The van der Waals surface area contributed by atoms with Gasteiger partial charge in [-0.15, -0.1) is 0 Å². The van der Waals surface area contributed by atoms with Gasteiger partial charge >= 0.3 is 6.09 Å². The molecule has 3 nitrogen and oxygen atoms in total. The summed E-state index contributed by atoms with van der Waals surface area (Å²) in [6, 6.07) is 0. The van der Waals surface area contributed by atoms with Crippen LogP contribution in [0.2, 0.25) is 0 Å². The molecule has 1 amide bonds. The zero-order valence-electron chi connectivity index (χ0n) is 4.19. The smallest absolute Gasteiger partial charge is 0.408 e. The van der Waals surface area contributed by atoms with Crippen LogP contribution in [0.1, 0.15) is 6.42 Å². The van der Waals surface area contributed by atoms with Gasteiger partial charge in [-0.3, -0.25) is 0 Å². The van der Waals surface area contributed by atoms with E-state index in [-0.39, 0.29) is 10.2 Å². The molecule has 1 rings (SSSR count). The number of carbonyl (C=O) groups excluding carboxylic acids is 1. The Morgan fingerprint density at radius 1 is 1.88 bits per heavy atom. The summed E-state index contributed by atoms with van der Waals surface area (Å²) in [6.45, 7) is 0.742. The van der Waals surface area contributed by atoms with E-state index in [1.807, 2.05) is 0 Å². The topological polar surface area (TPSA) is 38.3 Å². The Kier molecular flexibility index (Phi) is 1.93. The van der Waals surface area contributed by atoms with Crippen molar-refractivity contribution >= 4 is 28.7 Å². The van der Waals surface area contributed by atoms with E-state index in [0.717, 1.165) is 13.0 Å². The molecule has 8 heavy (non-hydrogen) atoms. The van der Waals surface area contributed by atoms with Gasteiger partial charge in [-0.05, 0) is 22.6 Å². The highest BCUT2D eigenvalue weighted by Gasteiger charge is 2.15. The molecule has 1 aliphatic rings. The highest BCUT2D eigenvalue weighted by atomic mass is 127. The minimum absolute atomic E-state index is 0.0707. The Balaban J connectivity index is 2.34. The zero-order chi connectivity index (χ0) is 5.98. The number of alkyl carbamates (subject to hydrolysis) is 1. The Morgan fingerprint density at radius 2 is 2.62 bits per heavy atom. The van der Waals surface area contributed by atoms with E-state index >= 15 is 0 Å². The van der Waals surface area contributed by atoms with Gasteiger partial charge in [0.2, 0.25) is 0 Å². The largest absolute Gasteiger partial charge is 0.435 e. The maximum atomic E-state index is 10.3. The van der Waals surface area contributed by atoms with E-state index in [1.165, 1.54) is 0 Å². The van der Waals surface area contributed by atoms with Gasteiger partial charge < -0.3 is 10.1 Å². The summed E-state index contributed by atoms with van der Waals surface area (Å²) in [6.07, 6.45) is 0.613. The van der Waals surface area contributed by atoms with Crippen molar-refractivity contribution in [1.82, 2.24) is 5.32 Å². The average molecular weight is 227 g/mol. The predicted octanol–water partition coefficient (Wildman–Crippen LogP) is 0.877. The van der Waals surface area contributed by atoms with E-state index in [0.29, 0.717) is 0 Å². The molecule has 1 N–H and O–H groups in total. The molecule has 1 saturated heterocycles. The monoisotopic (exact) mass is 227 g/mol. The van der Waals surface area contributed by atoms with Gasteiger partial charge in [0.15, 0.2) is 4.11 Å². The van der Waals surface area contributed by atoms with E-state index in [9.17, 15) is 4.79 Å². The van der Waals surface area contributed by atoms with Gasteiger partial charge in [0.25, 0.3) is 0 Å². The van der Waals surface area contributed by atoms with Crippen molar-refractivity contribution < 1.29 is 9.53 Å². The lowest BCUT2D eigenvalue weighted by Crippen LogP contribution is -2.34. The third-order valence-electron chi connectivity index (χ3n) is 0.876. The van der Waals surface area contributed by atoms with E-state index in [2.05, 4.69) is 27.9 Å². The van der Waals surface area contributed by atoms with Crippen LogP contribution in [-0.2, 0) is 4.74 Å². The second-order valence-electron chi connectivity index (χ2n) is 1.53. The number of rotatable bonds is 0. The fourth-order valence-corrected chi connectivity index (χ4v) is 1.05. The van der Waals surface area contributed by atoms with Crippen LogP contribution in [0.5, 0.6) is 0 Å².